The molecule has 2 aromatic heterocycles. The second-order valence-electron chi connectivity index (χ2n) is 5.77. The molecule has 0 spiro atoms. The van der Waals surface area contributed by atoms with Crippen LogP contribution in [-0.2, 0) is 17.8 Å². The molecule has 3 aromatic rings. The van der Waals surface area contributed by atoms with E-state index in [0.717, 1.165) is 23.8 Å². The summed E-state index contributed by atoms with van der Waals surface area (Å²) in [6.45, 7) is 4.14. The van der Waals surface area contributed by atoms with Crippen molar-refractivity contribution in [2.45, 2.75) is 33.3 Å². The lowest BCUT2D eigenvalue weighted by molar-refractivity contribution is 0.0521. The Kier molecular flexibility index (Phi) is 5.41. The number of aryl methyl sites for hydroxylation is 1. The summed E-state index contributed by atoms with van der Waals surface area (Å²) in [5, 5.41) is 0.893. The van der Waals surface area contributed by atoms with Crippen LogP contribution in [0.1, 0.15) is 41.9 Å². The van der Waals surface area contributed by atoms with E-state index in [4.69, 9.17) is 18.3 Å². The van der Waals surface area contributed by atoms with Crippen LogP contribution in [0.5, 0.6) is 5.75 Å². The van der Waals surface area contributed by atoms with Crippen LogP contribution in [0.15, 0.2) is 50.2 Å². The maximum atomic E-state index is 11.9. The number of esters is 1. The molecule has 0 aliphatic heterocycles. The third-order valence-electron chi connectivity index (χ3n) is 3.93. The van der Waals surface area contributed by atoms with Crippen molar-refractivity contribution in [3.8, 4) is 5.75 Å². The van der Waals surface area contributed by atoms with Crippen LogP contribution in [0.25, 0.3) is 11.0 Å². The molecule has 1 aromatic carbocycles. The molecule has 0 unspecified atom stereocenters. The molecular formula is C20H20O6. The third-order valence-corrected chi connectivity index (χ3v) is 3.93. The van der Waals surface area contributed by atoms with Gasteiger partial charge in [0.2, 0.25) is 0 Å². The van der Waals surface area contributed by atoms with Gasteiger partial charge in [0.15, 0.2) is 5.76 Å². The smallest absolute Gasteiger partial charge is 0.341 e. The minimum atomic E-state index is -0.450. The van der Waals surface area contributed by atoms with E-state index in [1.165, 1.54) is 12.3 Å². The van der Waals surface area contributed by atoms with Gasteiger partial charge in [-0.1, -0.05) is 13.3 Å². The Morgan fingerprint density at radius 3 is 2.77 bits per heavy atom. The Bertz CT molecular complexity index is 966. The molecule has 6 heteroatoms. The SMILES string of the molecule is CCCc1cc(=O)oc2cc(OCc3occc3C(=O)OCC)ccc12. The molecule has 2 heterocycles. The van der Waals surface area contributed by atoms with Gasteiger partial charge in [0.05, 0.1) is 12.9 Å². The zero-order chi connectivity index (χ0) is 18.5. The highest BCUT2D eigenvalue weighted by Gasteiger charge is 2.16. The second kappa shape index (κ2) is 7.91. The third kappa shape index (κ3) is 3.79. The van der Waals surface area contributed by atoms with Gasteiger partial charge in [0, 0.05) is 17.5 Å². The molecular weight excluding hydrogens is 336 g/mol. The Balaban J connectivity index is 1.81. The van der Waals surface area contributed by atoms with Gasteiger partial charge in [-0.05, 0) is 37.1 Å². The highest BCUT2D eigenvalue weighted by Crippen LogP contribution is 2.24. The van der Waals surface area contributed by atoms with E-state index >= 15 is 0 Å². The topological polar surface area (TPSA) is 78.9 Å². The molecule has 0 amide bonds. The van der Waals surface area contributed by atoms with E-state index in [1.807, 2.05) is 6.07 Å². The molecule has 0 bridgehead atoms. The van der Waals surface area contributed by atoms with E-state index in [1.54, 1.807) is 25.1 Å². The van der Waals surface area contributed by atoms with Crippen molar-refractivity contribution in [2.75, 3.05) is 6.61 Å². The molecule has 0 saturated heterocycles. The lowest BCUT2D eigenvalue weighted by atomic mass is 10.1. The number of hydrogen-bond donors (Lipinski definition) is 0. The number of furan rings is 1. The molecule has 3 rings (SSSR count). The lowest BCUT2D eigenvalue weighted by Crippen LogP contribution is -2.07. The molecule has 26 heavy (non-hydrogen) atoms. The van der Waals surface area contributed by atoms with Crippen molar-refractivity contribution in [1.82, 2.24) is 0 Å². The molecule has 0 atom stereocenters. The van der Waals surface area contributed by atoms with Crippen LogP contribution >= 0.6 is 0 Å². The summed E-state index contributed by atoms with van der Waals surface area (Å²) in [5.74, 6) is 0.443. The van der Waals surface area contributed by atoms with E-state index in [9.17, 15) is 9.59 Å². The van der Waals surface area contributed by atoms with Gasteiger partial charge in [-0.15, -0.1) is 0 Å². The van der Waals surface area contributed by atoms with Crippen LogP contribution in [0, 0.1) is 0 Å². The van der Waals surface area contributed by atoms with Crippen molar-refractivity contribution in [3.05, 3.63) is 63.9 Å². The molecule has 6 nitrogen and oxygen atoms in total. The van der Waals surface area contributed by atoms with E-state index in [-0.39, 0.29) is 18.8 Å². The van der Waals surface area contributed by atoms with Crippen LogP contribution in [0.3, 0.4) is 0 Å². The first-order valence-corrected chi connectivity index (χ1v) is 8.55. The van der Waals surface area contributed by atoms with Crippen molar-refractivity contribution < 1.29 is 23.1 Å². The number of benzene rings is 1. The maximum absolute atomic E-state index is 11.9. The molecule has 0 N–H and O–H groups in total. The fraction of sp³-hybridized carbons (Fsp3) is 0.300. The van der Waals surface area contributed by atoms with Gasteiger partial charge in [0.1, 0.15) is 23.5 Å². The number of rotatable bonds is 7. The Hall–Kier alpha value is -3.02. The van der Waals surface area contributed by atoms with Crippen molar-refractivity contribution in [1.29, 1.82) is 0 Å². The zero-order valence-corrected chi connectivity index (χ0v) is 14.7. The highest BCUT2D eigenvalue weighted by molar-refractivity contribution is 5.90. The van der Waals surface area contributed by atoms with Gasteiger partial charge in [-0.25, -0.2) is 9.59 Å². The van der Waals surface area contributed by atoms with Crippen molar-refractivity contribution >= 4 is 16.9 Å². The Labute approximate surface area is 150 Å². The number of fused-ring (bicyclic) bond motifs is 1. The van der Waals surface area contributed by atoms with Gasteiger partial charge in [0.25, 0.3) is 0 Å². The number of carbonyl (C=O) groups is 1. The first-order chi connectivity index (χ1) is 12.6. The van der Waals surface area contributed by atoms with E-state index < -0.39 is 5.97 Å². The molecule has 0 saturated carbocycles. The predicted octanol–water partition coefficient (Wildman–Crippen LogP) is 4.09. The quantitative estimate of drug-likeness (QED) is 0.468. The summed E-state index contributed by atoms with van der Waals surface area (Å²) in [6.07, 6.45) is 3.16. The zero-order valence-electron chi connectivity index (χ0n) is 14.7. The standard InChI is InChI=1S/C20H20O6/c1-3-5-13-10-19(21)26-17-11-14(6-7-15(13)17)25-12-18-16(8-9-24-18)20(22)23-4-2/h6-11H,3-5,12H2,1-2H3. The summed E-state index contributed by atoms with van der Waals surface area (Å²) in [6, 6.07) is 8.41. The van der Waals surface area contributed by atoms with E-state index in [0.29, 0.717) is 22.7 Å². The largest absolute Gasteiger partial charge is 0.485 e. The minimum Gasteiger partial charge on any atom is -0.485 e. The van der Waals surface area contributed by atoms with Crippen LogP contribution in [-0.4, -0.2) is 12.6 Å². The normalized spacial score (nSPS) is 10.8. The first kappa shape index (κ1) is 17.8. The molecule has 0 aliphatic rings. The maximum Gasteiger partial charge on any atom is 0.341 e. The number of carbonyl (C=O) groups excluding carboxylic acids is 1. The highest BCUT2D eigenvalue weighted by atomic mass is 16.5. The summed E-state index contributed by atoms with van der Waals surface area (Å²) >= 11 is 0. The Morgan fingerprint density at radius 1 is 1.15 bits per heavy atom. The lowest BCUT2D eigenvalue weighted by Gasteiger charge is -2.08. The molecule has 136 valence electrons. The fourth-order valence-electron chi connectivity index (χ4n) is 2.77. The summed E-state index contributed by atoms with van der Waals surface area (Å²) < 4.78 is 21.3. The van der Waals surface area contributed by atoms with Crippen LogP contribution in [0.2, 0.25) is 0 Å². The van der Waals surface area contributed by atoms with E-state index in [2.05, 4.69) is 6.92 Å². The second-order valence-corrected chi connectivity index (χ2v) is 5.77. The predicted molar refractivity (Wildman–Crippen MR) is 95.5 cm³/mol. The van der Waals surface area contributed by atoms with Gasteiger partial charge in [-0.2, -0.15) is 0 Å². The summed E-state index contributed by atoms with van der Waals surface area (Å²) in [5.41, 5.74) is 1.39. The minimum absolute atomic E-state index is 0.0610. The van der Waals surface area contributed by atoms with Crippen LogP contribution in [0.4, 0.5) is 0 Å². The number of ether oxygens (including phenoxy) is 2. The van der Waals surface area contributed by atoms with Crippen molar-refractivity contribution in [2.24, 2.45) is 0 Å². The van der Waals surface area contributed by atoms with Gasteiger partial charge >= 0.3 is 11.6 Å². The van der Waals surface area contributed by atoms with Gasteiger partial charge in [-0.3, -0.25) is 0 Å². The van der Waals surface area contributed by atoms with Crippen molar-refractivity contribution in [3.63, 3.8) is 0 Å². The monoisotopic (exact) mass is 356 g/mol. The Morgan fingerprint density at radius 2 is 2.00 bits per heavy atom. The average molecular weight is 356 g/mol. The molecule has 0 radical (unpaired) electrons. The fourth-order valence-corrected chi connectivity index (χ4v) is 2.77. The first-order valence-electron chi connectivity index (χ1n) is 8.55. The average Bonchev–Trinajstić information content (AvgIpc) is 3.08. The van der Waals surface area contributed by atoms with Gasteiger partial charge < -0.3 is 18.3 Å². The number of hydrogen-bond acceptors (Lipinski definition) is 6. The summed E-state index contributed by atoms with van der Waals surface area (Å²) in [4.78, 5) is 23.6. The molecule has 0 aliphatic carbocycles. The molecule has 0 fully saturated rings. The summed E-state index contributed by atoms with van der Waals surface area (Å²) in [7, 11) is 0. The van der Waals surface area contributed by atoms with Crippen LogP contribution < -0.4 is 10.4 Å².